The van der Waals surface area contributed by atoms with Crippen LogP contribution in [0.3, 0.4) is 0 Å². The van der Waals surface area contributed by atoms with Gasteiger partial charge < -0.3 is 30.5 Å². The van der Waals surface area contributed by atoms with Crippen molar-refractivity contribution < 1.29 is 24.2 Å². The molecule has 0 aromatic heterocycles. The van der Waals surface area contributed by atoms with Crippen molar-refractivity contribution in [1.82, 2.24) is 0 Å². The van der Waals surface area contributed by atoms with E-state index in [1.165, 1.54) is 12.1 Å². The Hall–Kier alpha value is -4.71. The van der Waals surface area contributed by atoms with Crippen LogP contribution in [0.1, 0.15) is 26.3 Å². The van der Waals surface area contributed by atoms with Gasteiger partial charge in [-0.2, -0.15) is 5.26 Å². The van der Waals surface area contributed by atoms with Crippen LogP contribution in [0.15, 0.2) is 60.7 Å². The first-order valence-electron chi connectivity index (χ1n) is 11.3. The summed E-state index contributed by atoms with van der Waals surface area (Å²) in [5.41, 5.74) is 1.24. The summed E-state index contributed by atoms with van der Waals surface area (Å²) in [7, 11) is 1.56. The van der Waals surface area contributed by atoms with Crippen LogP contribution >= 0.6 is 0 Å². The lowest BCUT2D eigenvalue weighted by Crippen LogP contribution is -2.24. The zero-order valence-electron chi connectivity index (χ0n) is 20.5. The first-order chi connectivity index (χ1) is 17.2. The van der Waals surface area contributed by atoms with Crippen LogP contribution in [0.4, 0.5) is 21.9 Å². The molecule has 3 aromatic rings. The normalized spacial score (nSPS) is 11.2. The van der Waals surface area contributed by atoms with Gasteiger partial charge in [0.2, 0.25) is 5.91 Å². The molecule has 0 bridgehead atoms. The summed E-state index contributed by atoms with van der Waals surface area (Å²) in [4.78, 5) is 25.2. The number of amides is 3. The van der Waals surface area contributed by atoms with E-state index < -0.39 is 6.03 Å². The molecule has 4 N–H and O–H groups in total. The lowest BCUT2D eigenvalue weighted by Gasteiger charge is -2.19. The molecule has 3 aromatic carbocycles. The summed E-state index contributed by atoms with van der Waals surface area (Å²) in [5.74, 6) is 0.656. The number of benzene rings is 3. The number of aromatic hydroxyl groups is 1. The molecular weight excluding hydrogens is 460 g/mol. The number of methoxy groups -OCH3 is 1. The van der Waals surface area contributed by atoms with E-state index in [9.17, 15) is 14.7 Å². The van der Waals surface area contributed by atoms with E-state index in [-0.39, 0.29) is 40.6 Å². The molecule has 9 nitrogen and oxygen atoms in total. The monoisotopic (exact) mass is 488 g/mol. The van der Waals surface area contributed by atoms with Crippen molar-refractivity contribution in [2.45, 2.75) is 20.8 Å². The standard InChI is InChI=1S/C27H28N4O5/c1-16(2)17(3)26(33)30-23-13-24(32)22(14-25(23)36-21-11-9-20(35-4)10-12-21)31-27(34)29-19-7-5-18(15-28)6-8-19/h5-14,16-17,32H,1-4H3,(H,30,33)(H2,29,31,34). The highest BCUT2D eigenvalue weighted by molar-refractivity contribution is 6.02. The van der Waals surface area contributed by atoms with Crippen molar-refractivity contribution in [2.75, 3.05) is 23.1 Å². The summed E-state index contributed by atoms with van der Waals surface area (Å²) in [6, 6.07) is 17.3. The smallest absolute Gasteiger partial charge is 0.323 e. The van der Waals surface area contributed by atoms with Crippen LogP contribution in [0.5, 0.6) is 23.0 Å². The van der Waals surface area contributed by atoms with Gasteiger partial charge in [-0.25, -0.2) is 4.79 Å². The molecule has 0 radical (unpaired) electrons. The van der Waals surface area contributed by atoms with E-state index in [4.69, 9.17) is 14.7 Å². The fraction of sp³-hybridized carbons (Fsp3) is 0.222. The lowest BCUT2D eigenvalue weighted by molar-refractivity contribution is -0.120. The van der Waals surface area contributed by atoms with Crippen molar-refractivity contribution >= 4 is 29.0 Å². The van der Waals surface area contributed by atoms with Crippen molar-refractivity contribution in [2.24, 2.45) is 11.8 Å². The summed E-state index contributed by atoms with van der Waals surface area (Å²) in [5, 5.41) is 27.5. The average Bonchev–Trinajstić information content (AvgIpc) is 2.87. The van der Waals surface area contributed by atoms with Gasteiger partial charge in [-0.15, -0.1) is 0 Å². The second-order valence-corrected chi connectivity index (χ2v) is 8.43. The molecule has 9 heteroatoms. The van der Waals surface area contributed by atoms with Crippen molar-refractivity contribution in [3.8, 4) is 29.1 Å². The highest BCUT2D eigenvalue weighted by atomic mass is 16.5. The predicted molar refractivity (Wildman–Crippen MR) is 138 cm³/mol. The van der Waals surface area contributed by atoms with E-state index in [1.54, 1.807) is 55.6 Å². The topological polar surface area (TPSA) is 133 Å². The van der Waals surface area contributed by atoms with Gasteiger partial charge in [0.25, 0.3) is 0 Å². The minimum absolute atomic E-state index is 0.0690. The van der Waals surface area contributed by atoms with Gasteiger partial charge in [0.1, 0.15) is 17.2 Å². The van der Waals surface area contributed by atoms with E-state index in [0.717, 1.165) is 0 Å². The molecule has 0 aliphatic carbocycles. The van der Waals surface area contributed by atoms with Crippen LogP contribution in [0.25, 0.3) is 0 Å². The molecular formula is C27H28N4O5. The molecule has 0 aliphatic heterocycles. The minimum Gasteiger partial charge on any atom is -0.506 e. The Balaban J connectivity index is 1.87. The number of hydrogen-bond donors (Lipinski definition) is 4. The number of nitriles is 1. The lowest BCUT2D eigenvalue weighted by atomic mass is 9.97. The number of phenolic OH excluding ortho intramolecular Hbond substituents is 1. The van der Waals surface area contributed by atoms with Crippen LogP contribution in [-0.4, -0.2) is 24.2 Å². The fourth-order valence-corrected chi connectivity index (χ4v) is 3.08. The third-order valence-electron chi connectivity index (χ3n) is 5.58. The molecule has 36 heavy (non-hydrogen) atoms. The molecule has 3 rings (SSSR count). The molecule has 0 saturated heterocycles. The van der Waals surface area contributed by atoms with Crippen molar-refractivity contribution in [1.29, 1.82) is 5.26 Å². The number of phenols is 1. The van der Waals surface area contributed by atoms with Gasteiger partial charge in [0.15, 0.2) is 5.75 Å². The van der Waals surface area contributed by atoms with Gasteiger partial charge in [-0.1, -0.05) is 20.8 Å². The molecule has 3 amide bonds. The van der Waals surface area contributed by atoms with Crippen LogP contribution in [0.2, 0.25) is 0 Å². The Morgan fingerprint density at radius 3 is 2.11 bits per heavy atom. The van der Waals surface area contributed by atoms with Crippen LogP contribution < -0.4 is 25.4 Å². The van der Waals surface area contributed by atoms with E-state index >= 15 is 0 Å². The third kappa shape index (κ3) is 6.67. The second-order valence-electron chi connectivity index (χ2n) is 8.43. The van der Waals surface area contributed by atoms with Gasteiger partial charge in [-0.05, 0) is 54.4 Å². The first-order valence-corrected chi connectivity index (χ1v) is 11.3. The van der Waals surface area contributed by atoms with E-state index in [2.05, 4.69) is 16.0 Å². The Labute approximate surface area is 209 Å². The number of nitrogens with one attached hydrogen (secondary N) is 3. The van der Waals surface area contributed by atoms with E-state index in [0.29, 0.717) is 22.7 Å². The maximum absolute atomic E-state index is 12.7. The number of rotatable bonds is 8. The maximum atomic E-state index is 12.7. The van der Waals surface area contributed by atoms with Gasteiger partial charge >= 0.3 is 6.03 Å². The first kappa shape index (κ1) is 25.9. The van der Waals surface area contributed by atoms with Crippen LogP contribution in [0, 0.1) is 23.2 Å². The average molecular weight is 489 g/mol. The number of carbonyl (C=O) groups is 2. The summed E-state index contributed by atoms with van der Waals surface area (Å²) in [6.07, 6.45) is 0. The largest absolute Gasteiger partial charge is 0.506 e. The number of hydrogen-bond acceptors (Lipinski definition) is 6. The highest BCUT2D eigenvalue weighted by Gasteiger charge is 2.20. The van der Waals surface area contributed by atoms with Gasteiger partial charge in [0, 0.05) is 23.7 Å². The molecule has 1 atom stereocenters. The van der Waals surface area contributed by atoms with Crippen LogP contribution in [-0.2, 0) is 4.79 Å². The fourth-order valence-electron chi connectivity index (χ4n) is 3.08. The molecule has 0 aliphatic rings. The molecule has 0 spiro atoms. The molecule has 0 fully saturated rings. The zero-order chi connectivity index (χ0) is 26.2. The minimum atomic E-state index is -0.615. The quantitative estimate of drug-likeness (QED) is 0.290. The Morgan fingerprint density at radius 1 is 0.889 bits per heavy atom. The van der Waals surface area contributed by atoms with Crippen molar-refractivity contribution in [3.05, 3.63) is 66.2 Å². The Morgan fingerprint density at radius 2 is 1.53 bits per heavy atom. The van der Waals surface area contributed by atoms with Gasteiger partial charge in [-0.3, -0.25) is 4.79 Å². The van der Waals surface area contributed by atoms with E-state index in [1.807, 2.05) is 26.8 Å². The molecule has 0 heterocycles. The maximum Gasteiger partial charge on any atom is 0.323 e. The second kappa shape index (κ2) is 11.6. The summed E-state index contributed by atoms with van der Waals surface area (Å²) >= 11 is 0. The number of nitrogens with zero attached hydrogens (tertiary/aromatic N) is 1. The van der Waals surface area contributed by atoms with Crippen molar-refractivity contribution in [3.63, 3.8) is 0 Å². The molecule has 1 unspecified atom stereocenters. The predicted octanol–water partition coefficient (Wildman–Crippen LogP) is 5.94. The Kier molecular flexibility index (Phi) is 8.36. The number of ether oxygens (including phenoxy) is 2. The molecule has 186 valence electrons. The van der Waals surface area contributed by atoms with Gasteiger partial charge in [0.05, 0.1) is 30.1 Å². The number of anilines is 3. The summed E-state index contributed by atoms with van der Waals surface area (Å²) in [6.45, 7) is 5.69. The highest BCUT2D eigenvalue weighted by Crippen LogP contribution is 2.39. The number of urea groups is 1. The molecule has 0 saturated carbocycles. The SMILES string of the molecule is COc1ccc(Oc2cc(NC(=O)Nc3ccc(C#N)cc3)c(O)cc2NC(=O)C(C)C(C)C)cc1. The number of carbonyl (C=O) groups excluding carboxylic acids is 2. The third-order valence-corrected chi connectivity index (χ3v) is 5.58. The summed E-state index contributed by atoms with van der Waals surface area (Å²) < 4.78 is 11.2. The Bertz CT molecular complexity index is 1270. The zero-order valence-corrected chi connectivity index (χ0v) is 20.5.